The van der Waals surface area contributed by atoms with Crippen molar-refractivity contribution in [3.63, 3.8) is 0 Å². The van der Waals surface area contributed by atoms with Gasteiger partial charge in [0, 0.05) is 37.1 Å². The molecular weight excluding hydrogens is 613 g/mol. The smallest absolute Gasteiger partial charge is 0.326 e. The number of carbonyl (C=O) groups excluding carboxylic acids is 4. The van der Waals surface area contributed by atoms with Gasteiger partial charge in [-0.05, 0) is 71.2 Å². The maximum Gasteiger partial charge on any atom is 0.326 e. The van der Waals surface area contributed by atoms with Crippen LogP contribution in [-0.2, 0) is 30.4 Å². The monoisotopic (exact) mass is 650 g/mol. The molecule has 0 saturated carbocycles. The Kier molecular flexibility index (Phi) is 11.1. The lowest BCUT2D eigenvalue weighted by Gasteiger charge is -2.23. The van der Waals surface area contributed by atoms with Gasteiger partial charge >= 0.3 is 5.97 Å². The molecule has 0 aliphatic carbocycles. The fourth-order valence-electron chi connectivity index (χ4n) is 5.44. The van der Waals surface area contributed by atoms with Crippen molar-refractivity contribution in [1.82, 2.24) is 15.5 Å². The summed E-state index contributed by atoms with van der Waals surface area (Å²) in [6.07, 6.45) is 1.34. The molecule has 2 aromatic heterocycles. The molecule has 0 saturated heterocycles. The van der Waals surface area contributed by atoms with E-state index in [0.29, 0.717) is 30.5 Å². The molecule has 0 radical (unpaired) electrons. The number of imide groups is 1. The third-order valence-electron chi connectivity index (χ3n) is 7.59. The summed E-state index contributed by atoms with van der Waals surface area (Å²) in [7, 11) is 0. The second-order valence-electron chi connectivity index (χ2n) is 11.1. The summed E-state index contributed by atoms with van der Waals surface area (Å²) in [5.74, 6) is -3.75. The Hall–Kier alpha value is -4.13. The zero-order valence-corrected chi connectivity index (χ0v) is 27.4. The molecule has 2 atom stereocenters. The van der Waals surface area contributed by atoms with Crippen LogP contribution in [0.1, 0.15) is 55.5 Å². The van der Waals surface area contributed by atoms with Gasteiger partial charge in [0.05, 0.1) is 11.1 Å². The standard InChI is InChI=1S/C33H38N4O6S2/c1-18-14-23(20(3)44-18)28-29(24-15-19(2)45-21(24)4)32(41)37(31(28)40)17-27(38)35-25(12-8-9-13-34)30(39)36-26(33(42)43)16-22-10-6-5-7-11-22/h5-7,10-11,14-15,25-26H,8-9,12-13,16-17,34H2,1-4H3,(H,35,38)(H,36,39)(H,42,43)/t25-,26-/m0/s1. The second-order valence-corrected chi connectivity index (χ2v) is 14.0. The first kappa shape index (κ1) is 33.8. The summed E-state index contributed by atoms with van der Waals surface area (Å²) in [4.78, 5) is 71.1. The predicted molar refractivity (Wildman–Crippen MR) is 176 cm³/mol. The van der Waals surface area contributed by atoms with Crippen molar-refractivity contribution in [2.45, 2.75) is 65.5 Å². The molecule has 0 bridgehead atoms. The van der Waals surface area contributed by atoms with Crippen molar-refractivity contribution in [2.24, 2.45) is 5.73 Å². The van der Waals surface area contributed by atoms with Gasteiger partial charge in [0.1, 0.15) is 18.6 Å². The molecule has 10 nitrogen and oxygen atoms in total. The highest BCUT2D eigenvalue weighted by Gasteiger charge is 2.42. The molecule has 4 rings (SSSR count). The van der Waals surface area contributed by atoms with Crippen LogP contribution in [0.2, 0.25) is 0 Å². The average Bonchev–Trinajstić information content (AvgIpc) is 3.58. The Bertz CT molecular complexity index is 1570. The first-order valence-electron chi connectivity index (χ1n) is 14.7. The van der Waals surface area contributed by atoms with Crippen LogP contribution in [0.15, 0.2) is 42.5 Å². The van der Waals surface area contributed by atoms with Crippen LogP contribution in [-0.4, -0.2) is 64.8 Å². The van der Waals surface area contributed by atoms with Crippen molar-refractivity contribution in [3.8, 4) is 0 Å². The van der Waals surface area contributed by atoms with Crippen LogP contribution in [0.3, 0.4) is 0 Å². The molecule has 3 aromatic rings. The van der Waals surface area contributed by atoms with E-state index < -0.39 is 48.2 Å². The van der Waals surface area contributed by atoms with E-state index >= 15 is 0 Å². The van der Waals surface area contributed by atoms with Crippen LogP contribution in [0, 0.1) is 27.7 Å². The van der Waals surface area contributed by atoms with Gasteiger partial charge in [-0.3, -0.25) is 24.1 Å². The number of rotatable bonds is 14. The number of benzene rings is 1. The summed E-state index contributed by atoms with van der Waals surface area (Å²) < 4.78 is 0. The molecule has 1 aliphatic heterocycles. The number of aryl methyl sites for hydroxylation is 4. The zero-order chi connectivity index (χ0) is 32.8. The van der Waals surface area contributed by atoms with E-state index in [4.69, 9.17) is 5.73 Å². The number of hydrogen-bond donors (Lipinski definition) is 4. The molecule has 238 valence electrons. The molecule has 1 aliphatic rings. The number of nitrogens with two attached hydrogens (primary N) is 1. The number of hydrogen-bond acceptors (Lipinski definition) is 8. The molecule has 12 heteroatoms. The van der Waals surface area contributed by atoms with E-state index in [1.807, 2.05) is 45.9 Å². The van der Waals surface area contributed by atoms with Crippen molar-refractivity contribution < 1.29 is 29.1 Å². The van der Waals surface area contributed by atoms with E-state index in [1.54, 1.807) is 24.3 Å². The Morgan fingerprint density at radius 3 is 1.87 bits per heavy atom. The van der Waals surface area contributed by atoms with E-state index in [0.717, 1.165) is 30.0 Å². The highest BCUT2D eigenvalue weighted by Crippen LogP contribution is 2.41. The first-order valence-corrected chi connectivity index (χ1v) is 16.4. The number of carboxylic acid groups (broad SMARTS) is 1. The van der Waals surface area contributed by atoms with Gasteiger partial charge in [-0.25, -0.2) is 4.79 Å². The van der Waals surface area contributed by atoms with Crippen molar-refractivity contribution >= 4 is 63.4 Å². The third kappa shape index (κ3) is 7.94. The Balaban J connectivity index is 1.55. The molecule has 1 aromatic carbocycles. The normalized spacial score (nSPS) is 14.6. The van der Waals surface area contributed by atoms with E-state index in [2.05, 4.69) is 10.6 Å². The summed E-state index contributed by atoms with van der Waals surface area (Å²) in [5.41, 5.74) is 8.21. The minimum absolute atomic E-state index is 0.0579. The Morgan fingerprint density at radius 2 is 1.40 bits per heavy atom. The van der Waals surface area contributed by atoms with Gasteiger partial charge in [0.2, 0.25) is 11.8 Å². The Morgan fingerprint density at radius 1 is 0.844 bits per heavy atom. The third-order valence-corrected chi connectivity index (χ3v) is 9.52. The van der Waals surface area contributed by atoms with Gasteiger partial charge in [-0.15, -0.1) is 22.7 Å². The second kappa shape index (κ2) is 14.8. The molecule has 4 amide bonds. The molecule has 45 heavy (non-hydrogen) atoms. The van der Waals surface area contributed by atoms with E-state index in [9.17, 15) is 29.1 Å². The van der Waals surface area contributed by atoms with Crippen molar-refractivity contribution in [2.75, 3.05) is 13.1 Å². The zero-order valence-electron chi connectivity index (χ0n) is 25.8. The molecule has 0 unspecified atom stereocenters. The lowest BCUT2D eigenvalue weighted by Crippen LogP contribution is -2.54. The first-order chi connectivity index (χ1) is 21.4. The van der Waals surface area contributed by atoms with Gasteiger partial charge in [-0.2, -0.15) is 0 Å². The topological polar surface area (TPSA) is 159 Å². The average molecular weight is 651 g/mol. The molecule has 0 fully saturated rings. The molecule has 3 heterocycles. The summed E-state index contributed by atoms with van der Waals surface area (Å²) >= 11 is 3.04. The van der Waals surface area contributed by atoms with Gasteiger partial charge in [-0.1, -0.05) is 30.3 Å². The molecule has 0 spiro atoms. The summed E-state index contributed by atoms with van der Waals surface area (Å²) in [6, 6.07) is 10.3. The quantitative estimate of drug-likeness (QED) is 0.153. The van der Waals surface area contributed by atoms with E-state index in [1.165, 1.54) is 22.7 Å². The highest BCUT2D eigenvalue weighted by atomic mass is 32.1. The molecular formula is C33H38N4O6S2. The maximum atomic E-state index is 13.9. The number of carboxylic acids is 1. The number of unbranched alkanes of at least 4 members (excludes halogenated alkanes) is 1. The number of nitrogens with one attached hydrogen (secondary N) is 2. The summed E-state index contributed by atoms with van der Waals surface area (Å²) in [6.45, 7) is 7.43. The highest BCUT2D eigenvalue weighted by molar-refractivity contribution is 7.12. The number of aliphatic carboxylic acids is 1. The SMILES string of the molecule is Cc1cc(C2=C(c3cc(C)sc3C)C(=O)N(CC(=O)N[C@@H](CCCCN)C(=O)N[C@@H](Cc3ccccc3)C(=O)O)C2=O)c(C)s1. The van der Waals surface area contributed by atoms with Crippen LogP contribution >= 0.6 is 22.7 Å². The fraction of sp³-hybridized carbons (Fsp3) is 0.364. The predicted octanol–water partition coefficient (Wildman–Crippen LogP) is 3.75. The minimum atomic E-state index is -1.22. The van der Waals surface area contributed by atoms with Crippen molar-refractivity contribution in [1.29, 1.82) is 0 Å². The van der Waals surface area contributed by atoms with Gasteiger partial charge < -0.3 is 21.5 Å². The number of thiophene rings is 2. The number of amides is 4. The van der Waals surface area contributed by atoms with Crippen LogP contribution in [0.4, 0.5) is 0 Å². The Labute approximate surface area is 270 Å². The van der Waals surface area contributed by atoms with E-state index in [-0.39, 0.29) is 24.0 Å². The molecule has 5 N–H and O–H groups in total. The largest absolute Gasteiger partial charge is 0.480 e. The maximum absolute atomic E-state index is 13.9. The number of carbonyl (C=O) groups is 5. The lowest BCUT2D eigenvalue weighted by atomic mass is 9.97. The van der Waals surface area contributed by atoms with Crippen molar-refractivity contribution in [3.05, 3.63) is 78.7 Å². The number of nitrogens with zero attached hydrogens (tertiary/aromatic N) is 1. The van der Waals surface area contributed by atoms with Gasteiger partial charge in [0.25, 0.3) is 11.8 Å². The summed E-state index contributed by atoms with van der Waals surface area (Å²) in [5, 5.41) is 15.0. The minimum Gasteiger partial charge on any atom is -0.480 e. The lowest BCUT2D eigenvalue weighted by molar-refractivity contribution is -0.143. The van der Waals surface area contributed by atoms with Gasteiger partial charge in [0.15, 0.2) is 0 Å². The van der Waals surface area contributed by atoms with Crippen LogP contribution in [0.25, 0.3) is 11.1 Å². The van der Waals surface area contributed by atoms with Crippen LogP contribution < -0.4 is 16.4 Å². The van der Waals surface area contributed by atoms with Crippen LogP contribution in [0.5, 0.6) is 0 Å². The fourth-order valence-corrected chi connectivity index (χ4v) is 7.31.